The molecule has 3 nitrogen and oxygen atoms in total. The average Bonchev–Trinajstić information content (AvgIpc) is 2.28. The molecule has 1 aromatic carbocycles. The van der Waals surface area contributed by atoms with Crippen LogP contribution in [0.2, 0.25) is 0 Å². The van der Waals surface area contributed by atoms with E-state index in [0.29, 0.717) is 11.4 Å². The van der Waals surface area contributed by atoms with E-state index in [1.807, 2.05) is 32.3 Å². The highest BCUT2D eigenvalue weighted by atomic mass is 16.5. The molecule has 16 heavy (non-hydrogen) atoms. The number of terminal acetylenes is 1. The summed E-state index contributed by atoms with van der Waals surface area (Å²) in [5, 5.41) is 9.08. The third kappa shape index (κ3) is 2.66. The Balaban J connectivity index is 3.13. The molecule has 82 valence electrons. The van der Waals surface area contributed by atoms with E-state index in [-0.39, 0.29) is 6.61 Å². The van der Waals surface area contributed by atoms with Crippen LogP contribution in [-0.4, -0.2) is 31.5 Å². The van der Waals surface area contributed by atoms with Gasteiger partial charge < -0.3 is 15.0 Å². The normalized spacial score (nSPS) is 8.81. The Morgan fingerprint density at radius 2 is 2.12 bits per heavy atom. The van der Waals surface area contributed by atoms with E-state index < -0.39 is 0 Å². The molecule has 0 bridgehead atoms. The van der Waals surface area contributed by atoms with Crippen LogP contribution in [0.4, 0.5) is 0 Å². The highest BCUT2D eigenvalue weighted by molar-refractivity contribution is 5.91. The molecule has 0 aliphatic carbocycles. The average molecular weight is 213 g/mol. The number of nitrogens with zero attached hydrogens (tertiary/aromatic N) is 2. The first-order valence-electron chi connectivity index (χ1n) is 4.80. The topological polar surface area (TPSA) is 34.8 Å². The molecule has 3 heteroatoms. The van der Waals surface area contributed by atoms with E-state index in [2.05, 4.69) is 11.8 Å². The Kier molecular flexibility index (Phi) is 4.20. The molecule has 0 aliphatic heterocycles. The summed E-state index contributed by atoms with van der Waals surface area (Å²) in [6, 6.07) is 7.34. The van der Waals surface area contributed by atoms with Crippen LogP contribution >= 0.6 is 0 Å². The lowest BCUT2D eigenvalue weighted by Crippen LogP contribution is -2.11. The first kappa shape index (κ1) is 11.9. The number of hydrogen-bond acceptors (Lipinski definition) is 2. The van der Waals surface area contributed by atoms with Gasteiger partial charge in [0.25, 0.3) is 0 Å². The van der Waals surface area contributed by atoms with Crippen molar-refractivity contribution in [3.8, 4) is 18.1 Å². The van der Waals surface area contributed by atoms with Gasteiger partial charge >= 0.3 is 0 Å². The van der Waals surface area contributed by atoms with Gasteiger partial charge in [0.15, 0.2) is 0 Å². The predicted octanol–water partition coefficient (Wildman–Crippen LogP) is 1.84. The Labute approximate surface area is 95.9 Å². The first-order valence-corrected chi connectivity index (χ1v) is 4.80. The summed E-state index contributed by atoms with van der Waals surface area (Å²) in [5.74, 6) is 5.18. The number of benzene rings is 1. The standard InChI is InChI=1S/C13H13N2O/c1-4-9-16-13-8-6-5-7-11(13)12(10-14)15(2)3/h1,5-8H,9H2,2-3H3/q-1. The molecule has 0 saturated heterocycles. The van der Waals surface area contributed by atoms with Gasteiger partial charge in [0.05, 0.1) is 5.70 Å². The number of rotatable bonds is 4. The molecule has 0 spiro atoms. The van der Waals surface area contributed by atoms with Crippen molar-refractivity contribution in [1.29, 1.82) is 0 Å². The van der Waals surface area contributed by atoms with Crippen molar-refractivity contribution in [1.82, 2.24) is 4.90 Å². The summed E-state index contributed by atoms with van der Waals surface area (Å²) in [7, 11) is 3.63. The number of ether oxygens (including phenoxy) is 1. The summed E-state index contributed by atoms with van der Waals surface area (Å²) < 4.78 is 5.38. The Bertz CT molecular complexity index is 451. The minimum Gasteiger partial charge on any atom is -0.762 e. The van der Waals surface area contributed by atoms with Crippen molar-refractivity contribution in [2.45, 2.75) is 0 Å². The zero-order chi connectivity index (χ0) is 12.0. The van der Waals surface area contributed by atoms with Gasteiger partial charge in [-0.25, -0.2) is 5.87 Å². The van der Waals surface area contributed by atoms with Gasteiger partial charge in [-0.3, -0.25) is 0 Å². The molecule has 0 heterocycles. The quantitative estimate of drug-likeness (QED) is 0.565. The molecule has 1 aromatic rings. The van der Waals surface area contributed by atoms with E-state index in [0.717, 1.165) is 5.56 Å². The zero-order valence-corrected chi connectivity index (χ0v) is 9.40. The molecule has 0 amide bonds. The summed E-state index contributed by atoms with van der Waals surface area (Å²) in [6.07, 6.45) is 5.14. The van der Waals surface area contributed by atoms with E-state index in [4.69, 9.17) is 16.6 Å². The lowest BCUT2D eigenvalue weighted by atomic mass is 10.1. The maximum atomic E-state index is 9.08. The lowest BCUT2D eigenvalue weighted by Gasteiger charge is -2.19. The molecular weight excluding hydrogens is 200 g/mol. The minimum atomic E-state index is 0.198. The van der Waals surface area contributed by atoms with E-state index >= 15 is 0 Å². The molecule has 0 aromatic heterocycles. The third-order valence-electron chi connectivity index (χ3n) is 2.01. The largest absolute Gasteiger partial charge is 0.762 e. The first-order chi connectivity index (χ1) is 7.70. The minimum absolute atomic E-state index is 0.198. The van der Waals surface area contributed by atoms with Gasteiger partial charge in [0, 0.05) is 19.7 Å². The van der Waals surface area contributed by atoms with Crippen LogP contribution in [0.15, 0.2) is 24.3 Å². The second-order valence-corrected chi connectivity index (χ2v) is 3.34. The van der Waals surface area contributed by atoms with Crippen LogP contribution in [0, 0.1) is 12.3 Å². The van der Waals surface area contributed by atoms with Gasteiger partial charge in [-0.1, -0.05) is 18.1 Å². The number of hydrogen-bond donors (Lipinski definition) is 0. The van der Waals surface area contributed by atoms with Crippen LogP contribution in [0.3, 0.4) is 0 Å². The Hall–Kier alpha value is -2.17. The number of para-hydroxylation sites is 1. The summed E-state index contributed by atoms with van der Waals surface area (Å²) in [5.41, 5.74) is 1.30. The maximum absolute atomic E-state index is 9.08. The summed E-state index contributed by atoms with van der Waals surface area (Å²) >= 11 is 0. The third-order valence-corrected chi connectivity index (χ3v) is 2.01. The van der Waals surface area contributed by atoms with Crippen molar-refractivity contribution in [3.63, 3.8) is 0 Å². The second-order valence-electron chi connectivity index (χ2n) is 3.34. The fourth-order valence-electron chi connectivity index (χ4n) is 1.31. The molecule has 0 atom stereocenters. The van der Waals surface area contributed by atoms with E-state index in [1.54, 1.807) is 11.0 Å². The van der Waals surface area contributed by atoms with Crippen molar-refractivity contribution in [2.24, 2.45) is 0 Å². The lowest BCUT2D eigenvalue weighted by molar-refractivity contribution is 0.368. The van der Waals surface area contributed by atoms with Gasteiger partial charge in [0.1, 0.15) is 12.4 Å². The smallest absolute Gasteiger partial charge is 0.148 e. The van der Waals surface area contributed by atoms with Crippen LogP contribution in [0.5, 0.6) is 5.75 Å². The molecule has 0 N–H and O–H groups in total. The van der Waals surface area contributed by atoms with Crippen molar-refractivity contribution in [2.75, 3.05) is 20.7 Å². The predicted molar refractivity (Wildman–Crippen MR) is 66.2 cm³/mol. The van der Waals surface area contributed by atoms with Crippen LogP contribution in [0.1, 0.15) is 5.56 Å². The molecule has 0 saturated carbocycles. The molecule has 0 aliphatic rings. The van der Waals surface area contributed by atoms with Crippen molar-refractivity contribution >= 4 is 11.6 Å². The fraction of sp³-hybridized carbons (Fsp3) is 0.231. The monoisotopic (exact) mass is 213 g/mol. The highest BCUT2D eigenvalue weighted by Crippen LogP contribution is 2.25. The second kappa shape index (κ2) is 5.65. The molecule has 0 unspecified atom stereocenters. The van der Waals surface area contributed by atoms with Gasteiger partial charge in [-0.15, -0.1) is 6.42 Å². The summed E-state index contributed by atoms with van der Waals surface area (Å²) in [4.78, 5) is 1.75. The van der Waals surface area contributed by atoms with Crippen LogP contribution in [-0.2, 0) is 0 Å². The van der Waals surface area contributed by atoms with Gasteiger partial charge in [-0.05, 0) is 12.1 Å². The maximum Gasteiger partial charge on any atom is 0.148 e. The van der Waals surface area contributed by atoms with Gasteiger partial charge in [-0.2, -0.15) is 0 Å². The Morgan fingerprint density at radius 1 is 1.44 bits per heavy atom. The van der Waals surface area contributed by atoms with Crippen molar-refractivity contribution < 1.29 is 4.74 Å². The zero-order valence-electron chi connectivity index (χ0n) is 9.40. The highest BCUT2D eigenvalue weighted by Gasteiger charge is 2.08. The van der Waals surface area contributed by atoms with Crippen LogP contribution < -0.4 is 4.74 Å². The van der Waals surface area contributed by atoms with E-state index in [9.17, 15) is 0 Å². The molecular formula is C13H13N2O-. The SMILES string of the molecule is C#CCOc1ccccc1C(=C=[N-])N(C)C. The Morgan fingerprint density at radius 3 is 2.69 bits per heavy atom. The molecule has 0 radical (unpaired) electrons. The fourth-order valence-corrected chi connectivity index (χ4v) is 1.31. The van der Waals surface area contributed by atoms with Crippen LogP contribution in [0.25, 0.3) is 11.1 Å². The molecule has 0 fully saturated rings. The molecule has 1 rings (SSSR count). The van der Waals surface area contributed by atoms with Crippen molar-refractivity contribution in [3.05, 3.63) is 35.2 Å². The summed E-state index contributed by atoms with van der Waals surface area (Å²) in [6.45, 7) is 0.198. The van der Waals surface area contributed by atoms with Gasteiger partial charge in [0.2, 0.25) is 0 Å². The van der Waals surface area contributed by atoms with E-state index in [1.165, 1.54) is 0 Å².